The highest BCUT2D eigenvalue weighted by molar-refractivity contribution is 5.98. The Balaban J connectivity index is 2.15. The molecule has 130 valence electrons. The van der Waals surface area contributed by atoms with Crippen molar-refractivity contribution >= 4 is 17.6 Å². The average Bonchev–Trinajstić information content (AvgIpc) is 2.62. The zero-order valence-corrected chi connectivity index (χ0v) is 14.4. The molecule has 2 aromatic carbocycles. The van der Waals surface area contributed by atoms with Crippen LogP contribution in [0, 0.1) is 0 Å². The van der Waals surface area contributed by atoms with E-state index in [2.05, 4.69) is 10.5 Å². The van der Waals surface area contributed by atoms with Crippen LogP contribution in [0.4, 0.5) is 0 Å². The molecular formula is C20H22N2O3. The summed E-state index contributed by atoms with van der Waals surface area (Å²) in [7, 11) is 0. The minimum atomic E-state index is -0.471. The quantitative estimate of drug-likeness (QED) is 0.479. The van der Waals surface area contributed by atoms with Crippen LogP contribution in [-0.4, -0.2) is 24.2 Å². The van der Waals surface area contributed by atoms with Crippen LogP contribution in [-0.2, 0) is 14.3 Å². The molecule has 0 radical (unpaired) electrons. The highest BCUT2D eigenvalue weighted by atomic mass is 16.5. The van der Waals surface area contributed by atoms with Gasteiger partial charge in [-0.25, -0.2) is 5.43 Å². The van der Waals surface area contributed by atoms with Crippen molar-refractivity contribution in [1.82, 2.24) is 5.43 Å². The SMILES string of the molecule is CCOC(=O)C/C(C)=N/NC(=O)C(c1ccccc1)c1ccccc1. The van der Waals surface area contributed by atoms with Gasteiger partial charge in [-0.1, -0.05) is 60.7 Å². The molecule has 2 aromatic rings. The number of hydrogen-bond donors (Lipinski definition) is 1. The van der Waals surface area contributed by atoms with E-state index in [0.717, 1.165) is 11.1 Å². The van der Waals surface area contributed by atoms with E-state index in [1.165, 1.54) is 0 Å². The van der Waals surface area contributed by atoms with Crippen molar-refractivity contribution in [2.45, 2.75) is 26.2 Å². The van der Waals surface area contributed by atoms with Crippen molar-refractivity contribution in [3.05, 3.63) is 71.8 Å². The number of nitrogens with zero attached hydrogens (tertiary/aromatic N) is 1. The Kier molecular flexibility index (Phi) is 6.89. The molecule has 0 unspecified atom stereocenters. The van der Waals surface area contributed by atoms with Crippen LogP contribution >= 0.6 is 0 Å². The molecule has 0 aliphatic heterocycles. The zero-order valence-electron chi connectivity index (χ0n) is 14.4. The maximum atomic E-state index is 12.7. The summed E-state index contributed by atoms with van der Waals surface area (Å²) in [5.41, 5.74) is 4.82. The molecule has 0 spiro atoms. The Morgan fingerprint density at radius 2 is 1.52 bits per heavy atom. The van der Waals surface area contributed by atoms with Crippen LogP contribution in [0.2, 0.25) is 0 Å². The van der Waals surface area contributed by atoms with Crippen LogP contribution in [0.3, 0.4) is 0 Å². The predicted molar refractivity (Wildman–Crippen MR) is 97.2 cm³/mol. The predicted octanol–water partition coefficient (Wildman–Crippen LogP) is 3.26. The van der Waals surface area contributed by atoms with E-state index >= 15 is 0 Å². The maximum absolute atomic E-state index is 12.7. The molecule has 0 aromatic heterocycles. The van der Waals surface area contributed by atoms with Crippen molar-refractivity contribution in [2.24, 2.45) is 5.10 Å². The van der Waals surface area contributed by atoms with Crippen LogP contribution in [0.5, 0.6) is 0 Å². The smallest absolute Gasteiger partial charge is 0.311 e. The summed E-state index contributed by atoms with van der Waals surface area (Å²) in [5.74, 6) is -1.08. The number of nitrogens with one attached hydrogen (secondary N) is 1. The van der Waals surface area contributed by atoms with Gasteiger partial charge in [-0.05, 0) is 25.0 Å². The van der Waals surface area contributed by atoms with Crippen molar-refractivity contribution in [1.29, 1.82) is 0 Å². The second-order valence-electron chi connectivity index (χ2n) is 5.56. The summed E-state index contributed by atoms with van der Waals surface area (Å²) in [6.07, 6.45) is 0.0511. The van der Waals surface area contributed by atoms with Crippen molar-refractivity contribution in [2.75, 3.05) is 6.61 Å². The monoisotopic (exact) mass is 338 g/mol. The first kappa shape index (κ1) is 18.4. The lowest BCUT2D eigenvalue weighted by Gasteiger charge is -2.16. The highest BCUT2D eigenvalue weighted by Gasteiger charge is 2.22. The van der Waals surface area contributed by atoms with Gasteiger partial charge in [-0.3, -0.25) is 9.59 Å². The molecule has 0 fully saturated rings. The Labute approximate surface area is 147 Å². The van der Waals surface area contributed by atoms with Crippen molar-refractivity contribution in [3.63, 3.8) is 0 Å². The van der Waals surface area contributed by atoms with Crippen LogP contribution in [0.1, 0.15) is 37.3 Å². The number of benzene rings is 2. The average molecular weight is 338 g/mol. The van der Waals surface area contributed by atoms with Gasteiger partial charge < -0.3 is 4.74 Å². The molecule has 5 nitrogen and oxygen atoms in total. The standard InChI is InChI=1S/C20H22N2O3/c1-3-25-18(23)14-15(2)21-22-20(24)19(16-10-6-4-7-11-16)17-12-8-5-9-13-17/h4-13,19H,3,14H2,1-2H3,(H,22,24)/b21-15+. The van der Waals surface area contributed by atoms with Gasteiger partial charge in [-0.2, -0.15) is 5.10 Å². The summed E-state index contributed by atoms with van der Waals surface area (Å²) in [5, 5.41) is 4.03. The van der Waals surface area contributed by atoms with E-state index in [-0.39, 0.29) is 18.3 Å². The number of ether oxygens (including phenoxy) is 1. The van der Waals surface area contributed by atoms with Gasteiger partial charge in [0.1, 0.15) is 0 Å². The molecule has 0 aliphatic rings. The number of hydrogen-bond acceptors (Lipinski definition) is 4. The molecule has 1 amide bonds. The van der Waals surface area contributed by atoms with E-state index in [1.807, 2.05) is 60.7 Å². The van der Waals surface area contributed by atoms with Gasteiger partial charge in [0, 0.05) is 5.71 Å². The summed E-state index contributed by atoms with van der Waals surface area (Å²) in [6, 6.07) is 19.0. The second kappa shape index (κ2) is 9.37. The first-order valence-corrected chi connectivity index (χ1v) is 8.20. The summed E-state index contributed by atoms with van der Waals surface area (Å²) < 4.78 is 4.87. The van der Waals surface area contributed by atoms with Gasteiger partial charge in [0.2, 0.25) is 0 Å². The first-order valence-electron chi connectivity index (χ1n) is 8.20. The van der Waals surface area contributed by atoms with Crippen LogP contribution < -0.4 is 5.43 Å². The molecule has 0 atom stereocenters. The summed E-state index contributed by atoms with van der Waals surface area (Å²) in [4.78, 5) is 24.2. The lowest BCUT2D eigenvalue weighted by atomic mass is 9.91. The largest absolute Gasteiger partial charge is 0.466 e. The van der Waals surface area contributed by atoms with E-state index in [0.29, 0.717) is 12.3 Å². The van der Waals surface area contributed by atoms with Crippen LogP contribution in [0.25, 0.3) is 0 Å². The molecule has 0 saturated carbocycles. The fourth-order valence-electron chi connectivity index (χ4n) is 2.46. The molecule has 0 saturated heterocycles. The van der Waals surface area contributed by atoms with E-state index in [4.69, 9.17) is 4.74 Å². The molecule has 0 heterocycles. The molecule has 1 N–H and O–H groups in total. The molecule has 25 heavy (non-hydrogen) atoms. The summed E-state index contributed by atoms with van der Waals surface area (Å²) in [6.45, 7) is 3.75. The second-order valence-corrected chi connectivity index (χ2v) is 5.56. The number of rotatable bonds is 7. The third-order valence-electron chi connectivity index (χ3n) is 3.59. The Morgan fingerprint density at radius 1 is 1.00 bits per heavy atom. The molecular weight excluding hydrogens is 316 g/mol. The molecule has 5 heteroatoms. The number of carbonyl (C=O) groups is 2. The Bertz CT molecular complexity index is 688. The lowest BCUT2D eigenvalue weighted by Crippen LogP contribution is -2.27. The van der Waals surface area contributed by atoms with Crippen molar-refractivity contribution in [3.8, 4) is 0 Å². The third-order valence-corrected chi connectivity index (χ3v) is 3.59. The molecule has 0 aliphatic carbocycles. The Hall–Kier alpha value is -2.95. The minimum Gasteiger partial charge on any atom is -0.466 e. The maximum Gasteiger partial charge on any atom is 0.311 e. The lowest BCUT2D eigenvalue weighted by molar-refractivity contribution is -0.141. The molecule has 0 bridgehead atoms. The van der Waals surface area contributed by atoms with Gasteiger partial charge in [0.05, 0.1) is 18.9 Å². The fraction of sp³-hybridized carbons (Fsp3) is 0.250. The highest BCUT2D eigenvalue weighted by Crippen LogP contribution is 2.24. The topological polar surface area (TPSA) is 67.8 Å². The van der Waals surface area contributed by atoms with Gasteiger partial charge in [-0.15, -0.1) is 0 Å². The normalized spacial score (nSPS) is 11.2. The first-order chi connectivity index (χ1) is 12.1. The number of esters is 1. The van der Waals surface area contributed by atoms with E-state index in [9.17, 15) is 9.59 Å². The van der Waals surface area contributed by atoms with E-state index in [1.54, 1.807) is 13.8 Å². The van der Waals surface area contributed by atoms with Crippen LogP contribution in [0.15, 0.2) is 65.8 Å². The van der Waals surface area contributed by atoms with Gasteiger partial charge >= 0.3 is 5.97 Å². The third kappa shape index (κ3) is 5.57. The number of hydrazone groups is 1. The van der Waals surface area contributed by atoms with Gasteiger partial charge in [0.15, 0.2) is 0 Å². The van der Waals surface area contributed by atoms with Crippen molar-refractivity contribution < 1.29 is 14.3 Å². The number of carbonyl (C=O) groups excluding carboxylic acids is 2. The zero-order chi connectivity index (χ0) is 18.1. The minimum absolute atomic E-state index is 0.0511. The fourth-order valence-corrected chi connectivity index (χ4v) is 2.46. The molecule has 2 rings (SSSR count). The summed E-state index contributed by atoms with van der Waals surface area (Å²) >= 11 is 0. The van der Waals surface area contributed by atoms with Gasteiger partial charge in [0.25, 0.3) is 5.91 Å². The van der Waals surface area contributed by atoms with E-state index < -0.39 is 5.92 Å². The number of amides is 1. The Morgan fingerprint density at radius 3 is 2.00 bits per heavy atom.